The zero-order valence-electron chi connectivity index (χ0n) is 8.98. The van der Waals surface area contributed by atoms with Gasteiger partial charge in [-0.1, -0.05) is 13.8 Å². The zero-order valence-corrected chi connectivity index (χ0v) is 8.98. The lowest BCUT2D eigenvalue weighted by Crippen LogP contribution is -1.97. The lowest BCUT2D eigenvalue weighted by Gasteiger charge is -2.09. The van der Waals surface area contributed by atoms with Crippen LogP contribution in [0.3, 0.4) is 0 Å². The minimum Gasteiger partial charge on any atom is -0.207 e. The summed E-state index contributed by atoms with van der Waals surface area (Å²) in [6.07, 6.45) is 1.35. The maximum Gasteiger partial charge on any atom is 0.126 e. The summed E-state index contributed by atoms with van der Waals surface area (Å²) < 4.78 is 26.2. The van der Waals surface area contributed by atoms with Gasteiger partial charge in [0.15, 0.2) is 0 Å². The topological polar surface area (TPSA) is 0 Å². The Morgan fingerprint density at radius 2 is 2.00 bits per heavy atom. The molecule has 0 heterocycles. The van der Waals surface area contributed by atoms with E-state index in [1.165, 1.54) is 6.07 Å². The molecular weight excluding hydrogens is 194 g/mol. The molecule has 0 saturated carbocycles. The van der Waals surface area contributed by atoms with E-state index >= 15 is 0 Å². The van der Waals surface area contributed by atoms with E-state index in [9.17, 15) is 8.78 Å². The van der Waals surface area contributed by atoms with Crippen LogP contribution in [0.1, 0.15) is 38.2 Å². The normalized spacial score (nSPS) is 11.7. The van der Waals surface area contributed by atoms with Gasteiger partial charge >= 0.3 is 0 Å². The van der Waals surface area contributed by atoms with Crippen LogP contribution in [-0.2, 0) is 0 Å². The molecular formula is C13H14F2. The van der Waals surface area contributed by atoms with Crippen molar-refractivity contribution < 1.29 is 8.78 Å². The number of benzene rings is 1. The Hall–Kier alpha value is -1.36. The third-order valence-corrected chi connectivity index (χ3v) is 2.20. The largest absolute Gasteiger partial charge is 0.207 e. The van der Waals surface area contributed by atoms with Crippen LogP contribution >= 0.6 is 0 Å². The monoisotopic (exact) mass is 208 g/mol. The van der Waals surface area contributed by atoms with Crippen molar-refractivity contribution in [2.24, 2.45) is 0 Å². The molecule has 0 spiro atoms. The third kappa shape index (κ3) is 3.36. The molecule has 0 aliphatic heterocycles. The quantitative estimate of drug-likeness (QED) is 0.647. The molecule has 80 valence electrons. The van der Waals surface area contributed by atoms with Crippen LogP contribution in [0, 0.1) is 23.5 Å². The molecule has 0 aromatic heterocycles. The maximum absolute atomic E-state index is 13.3. The van der Waals surface area contributed by atoms with Crippen molar-refractivity contribution in [2.45, 2.75) is 32.6 Å². The SMILES string of the molecule is CCC#CCC(C)c1cc(F)ccc1F. The third-order valence-electron chi connectivity index (χ3n) is 2.20. The molecule has 15 heavy (non-hydrogen) atoms. The summed E-state index contributed by atoms with van der Waals surface area (Å²) in [5.74, 6) is 5.03. The first kappa shape index (κ1) is 11.7. The molecule has 0 amide bonds. The maximum atomic E-state index is 13.3. The van der Waals surface area contributed by atoms with Gasteiger partial charge in [0.1, 0.15) is 11.6 Å². The average molecular weight is 208 g/mol. The van der Waals surface area contributed by atoms with Crippen LogP contribution in [0.15, 0.2) is 18.2 Å². The van der Waals surface area contributed by atoms with Crippen molar-refractivity contribution in [1.29, 1.82) is 0 Å². The second-order valence-corrected chi connectivity index (χ2v) is 3.48. The first-order valence-electron chi connectivity index (χ1n) is 5.05. The van der Waals surface area contributed by atoms with E-state index in [0.29, 0.717) is 12.0 Å². The van der Waals surface area contributed by atoms with E-state index in [1.54, 1.807) is 0 Å². The number of hydrogen-bond acceptors (Lipinski definition) is 0. The molecule has 2 heteroatoms. The van der Waals surface area contributed by atoms with Crippen LogP contribution in [0.2, 0.25) is 0 Å². The van der Waals surface area contributed by atoms with Gasteiger partial charge in [0.2, 0.25) is 0 Å². The first-order chi connectivity index (χ1) is 7.15. The zero-order chi connectivity index (χ0) is 11.3. The average Bonchev–Trinajstić information content (AvgIpc) is 2.22. The molecule has 0 nitrogen and oxygen atoms in total. The van der Waals surface area contributed by atoms with Gasteiger partial charge in [0, 0.05) is 12.8 Å². The standard InChI is InChI=1S/C13H14F2/c1-3-4-5-6-10(2)12-9-11(14)7-8-13(12)15/h7-10H,3,6H2,1-2H3. The first-order valence-corrected chi connectivity index (χ1v) is 5.05. The van der Waals surface area contributed by atoms with E-state index in [0.717, 1.165) is 18.6 Å². The Bertz CT molecular complexity index is 385. The van der Waals surface area contributed by atoms with Gasteiger partial charge in [0.05, 0.1) is 0 Å². The fourth-order valence-electron chi connectivity index (χ4n) is 1.35. The van der Waals surface area contributed by atoms with Crippen molar-refractivity contribution in [1.82, 2.24) is 0 Å². The van der Waals surface area contributed by atoms with Crippen LogP contribution < -0.4 is 0 Å². The number of halogens is 2. The highest BCUT2D eigenvalue weighted by Crippen LogP contribution is 2.22. The van der Waals surface area contributed by atoms with E-state index in [-0.39, 0.29) is 11.7 Å². The van der Waals surface area contributed by atoms with Gasteiger partial charge in [-0.15, -0.1) is 11.8 Å². The smallest absolute Gasteiger partial charge is 0.126 e. The highest BCUT2D eigenvalue weighted by atomic mass is 19.1. The van der Waals surface area contributed by atoms with Crippen molar-refractivity contribution in [3.8, 4) is 11.8 Å². The van der Waals surface area contributed by atoms with Gasteiger partial charge in [-0.2, -0.15) is 0 Å². The van der Waals surface area contributed by atoms with Gasteiger partial charge in [-0.05, 0) is 29.7 Å². The summed E-state index contributed by atoms with van der Waals surface area (Å²) in [4.78, 5) is 0. The summed E-state index contributed by atoms with van der Waals surface area (Å²) in [5, 5.41) is 0. The molecule has 0 aliphatic carbocycles. The van der Waals surface area contributed by atoms with E-state index in [1.807, 2.05) is 13.8 Å². The minimum absolute atomic E-state index is 0.0697. The summed E-state index contributed by atoms with van der Waals surface area (Å²) in [6.45, 7) is 3.81. The summed E-state index contributed by atoms with van der Waals surface area (Å²) in [6, 6.07) is 3.53. The number of hydrogen-bond donors (Lipinski definition) is 0. The molecule has 0 fully saturated rings. The molecule has 1 aromatic carbocycles. The summed E-state index contributed by atoms with van der Waals surface area (Å²) in [7, 11) is 0. The summed E-state index contributed by atoms with van der Waals surface area (Å²) >= 11 is 0. The molecule has 1 aromatic rings. The Morgan fingerprint density at radius 3 is 2.67 bits per heavy atom. The van der Waals surface area contributed by atoms with Crippen LogP contribution in [0.25, 0.3) is 0 Å². The van der Waals surface area contributed by atoms with Crippen molar-refractivity contribution in [3.05, 3.63) is 35.4 Å². The van der Waals surface area contributed by atoms with E-state index in [4.69, 9.17) is 0 Å². The van der Waals surface area contributed by atoms with Crippen molar-refractivity contribution in [2.75, 3.05) is 0 Å². The van der Waals surface area contributed by atoms with Crippen LogP contribution in [0.5, 0.6) is 0 Å². The number of rotatable bonds is 2. The van der Waals surface area contributed by atoms with E-state index in [2.05, 4.69) is 11.8 Å². The van der Waals surface area contributed by atoms with Crippen molar-refractivity contribution >= 4 is 0 Å². The van der Waals surface area contributed by atoms with E-state index < -0.39 is 5.82 Å². The highest BCUT2D eigenvalue weighted by Gasteiger charge is 2.10. The Kier molecular flexibility index (Phi) is 4.30. The van der Waals surface area contributed by atoms with Gasteiger partial charge < -0.3 is 0 Å². The fourth-order valence-corrected chi connectivity index (χ4v) is 1.35. The Morgan fingerprint density at radius 1 is 1.27 bits per heavy atom. The molecule has 0 N–H and O–H groups in total. The molecule has 0 radical (unpaired) electrons. The van der Waals surface area contributed by atoms with Gasteiger partial charge in [0.25, 0.3) is 0 Å². The lowest BCUT2D eigenvalue weighted by atomic mass is 9.97. The van der Waals surface area contributed by atoms with Gasteiger partial charge in [-0.25, -0.2) is 8.78 Å². The predicted octanol–water partition coefficient (Wildman–Crippen LogP) is 3.87. The second kappa shape index (κ2) is 5.50. The minimum atomic E-state index is -0.401. The van der Waals surface area contributed by atoms with Crippen molar-refractivity contribution in [3.63, 3.8) is 0 Å². The van der Waals surface area contributed by atoms with Crippen LogP contribution in [0.4, 0.5) is 8.78 Å². The van der Waals surface area contributed by atoms with Gasteiger partial charge in [-0.3, -0.25) is 0 Å². The molecule has 0 saturated heterocycles. The molecule has 1 rings (SSSR count). The molecule has 0 aliphatic rings. The highest BCUT2D eigenvalue weighted by molar-refractivity contribution is 5.23. The Labute approximate surface area is 89.3 Å². The molecule has 1 unspecified atom stereocenters. The second-order valence-electron chi connectivity index (χ2n) is 3.48. The summed E-state index contributed by atoms with van der Waals surface area (Å²) in [5.41, 5.74) is 0.403. The lowest BCUT2D eigenvalue weighted by molar-refractivity contribution is 0.570. The Balaban J connectivity index is 2.81. The predicted molar refractivity (Wildman–Crippen MR) is 57.5 cm³/mol. The molecule has 0 bridgehead atoms. The van der Waals surface area contributed by atoms with Crippen LogP contribution in [-0.4, -0.2) is 0 Å². The molecule has 1 atom stereocenters. The fraction of sp³-hybridized carbons (Fsp3) is 0.385.